The molecule has 0 aliphatic heterocycles. The zero-order valence-electron chi connectivity index (χ0n) is 8.14. The van der Waals surface area contributed by atoms with Gasteiger partial charge in [0.15, 0.2) is 5.82 Å². The summed E-state index contributed by atoms with van der Waals surface area (Å²) in [6, 6.07) is 0. The van der Waals surface area contributed by atoms with Crippen LogP contribution in [0.1, 0.15) is 26.2 Å². The van der Waals surface area contributed by atoms with E-state index in [-0.39, 0.29) is 5.82 Å². The average molecular weight is 199 g/mol. The number of unbranched alkanes of at least 4 members (excludes halogenated alkanes) is 2. The quantitative estimate of drug-likeness (QED) is 0.707. The third-order valence-electron chi connectivity index (χ3n) is 1.85. The molecule has 0 unspecified atom stereocenters. The Morgan fingerprint density at radius 3 is 3.07 bits per heavy atom. The second kappa shape index (κ2) is 5.36. The molecule has 14 heavy (non-hydrogen) atoms. The van der Waals surface area contributed by atoms with Crippen molar-refractivity contribution in [3.63, 3.8) is 0 Å². The molecule has 1 rings (SSSR count). The maximum atomic E-state index is 13.0. The third kappa shape index (κ3) is 3.16. The van der Waals surface area contributed by atoms with Gasteiger partial charge < -0.3 is 5.32 Å². The molecule has 0 fully saturated rings. The summed E-state index contributed by atoms with van der Waals surface area (Å²) in [5, 5.41) is 2.82. The van der Waals surface area contributed by atoms with Crippen molar-refractivity contribution in [2.24, 2.45) is 0 Å². The number of anilines is 1. The first-order valence-corrected chi connectivity index (χ1v) is 4.72. The van der Waals surface area contributed by atoms with Crippen molar-refractivity contribution in [2.45, 2.75) is 26.2 Å². The number of rotatable bonds is 5. The number of hydrogen-bond donors (Lipinski definition) is 2. The number of hydrogen-bond acceptors (Lipinski definition) is 3. The standard InChI is InChI=1S/C9H14FN3O/c1-2-3-4-5-11-8-7(10)6-12-9(14)13-8/h6H,2-5H2,1H3,(H2,11,12,13,14). The summed E-state index contributed by atoms with van der Waals surface area (Å²) in [5.74, 6) is -0.401. The van der Waals surface area contributed by atoms with Crippen LogP contribution in [-0.4, -0.2) is 16.5 Å². The molecule has 0 amide bonds. The van der Waals surface area contributed by atoms with E-state index in [9.17, 15) is 9.18 Å². The Morgan fingerprint density at radius 1 is 1.57 bits per heavy atom. The van der Waals surface area contributed by atoms with E-state index in [1.165, 1.54) is 0 Å². The first-order valence-electron chi connectivity index (χ1n) is 4.72. The molecule has 0 saturated heterocycles. The predicted octanol–water partition coefficient (Wildman–Crippen LogP) is 1.51. The predicted molar refractivity (Wildman–Crippen MR) is 52.8 cm³/mol. The number of nitrogens with zero attached hydrogens (tertiary/aromatic N) is 1. The summed E-state index contributed by atoms with van der Waals surface area (Å²) in [6.07, 6.45) is 4.07. The zero-order chi connectivity index (χ0) is 10.4. The van der Waals surface area contributed by atoms with Crippen LogP contribution >= 0.6 is 0 Å². The summed E-state index contributed by atoms with van der Waals surface area (Å²) >= 11 is 0. The lowest BCUT2D eigenvalue weighted by Gasteiger charge is -2.05. The van der Waals surface area contributed by atoms with Crippen molar-refractivity contribution in [2.75, 3.05) is 11.9 Å². The van der Waals surface area contributed by atoms with Crippen LogP contribution in [0.2, 0.25) is 0 Å². The molecule has 1 aromatic rings. The van der Waals surface area contributed by atoms with Crippen LogP contribution in [0.5, 0.6) is 0 Å². The maximum Gasteiger partial charge on any atom is 0.346 e. The van der Waals surface area contributed by atoms with E-state index in [0.717, 1.165) is 25.5 Å². The van der Waals surface area contributed by atoms with Crippen molar-refractivity contribution in [3.05, 3.63) is 22.5 Å². The van der Waals surface area contributed by atoms with Crippen LogP contribution in [0, 0.1) is 5.82 Å². The van der Waals surface area contributed by atoms with Crippen LogP contribution in [0.25, 0.3) is 0 Å². The number of halogens is 1. The molecule has 0 saturated carbocycles. The van der Waals surface area contributed by atoms with Crippen molar-refractivity contribution in [1.82, 2.24) is 9.97 Å². The van der Waals surface area contributed by atoms with Gasteiger partial charge in [0.05, 0.1) is 6.20 Å². The van der Waals surface area contributed by atoms with Gasteiger partial charge in [-0.15, -0.1) is 0 Å². The second-order valence-electron chi connectivity index (χ2n) is 3.05. The summed E-state index contributed by atoms with van der Waals surface area (Å²) in [5.41, 5.74) is -0.538. The molecule has 1 heterocycles. The van der Waals surface area contributed by atoms with Gasteiger partial charge in [0, 0.05) is 6.54 Å². The van der Waals surface area contributed by atoms with Gasteiger partial charge in [-0.25, -0.2) is 9.18 Å². The lowest BCUT2D eigenvalue weighted by molar-refractivity contribution is 0.612. The third-order valence-corrected chi connectivity index (χ3v) is 1.85. The maximum absolute atomic E-state index is 13.0. The van der Waals surface area contributed by atoms with E-state index in [0.29, 0.717) is 6.54 Å². The fraction of sp³-hybridized carbons (Fsp3) is 0.556. The Balaban J connectivity index is 2.49. The van der Waals surface area contributed by atoms with E-state index in [2.05, 4.69) is 22.2 Å². The Bertz CT molecular complexity index is 337. The van der Waals surface area contributed by atoms with Gasteiger partial charge in [0.1, 0.15) is 5.82 Å². The van der Waals surface area contributed by atoms with Crippen molar-refractivity contribution < 1.29 is 4.39 Å². The smallest absolute Gasteiger partial charge is 0.346 e. The van der Waals surface area contributed by atoms with Crippen LogP contribution in [0.4, 0.5) is 10.2 Å². The molecular formula is C9H14FN3O. The van der Waals surface area contributed by atoms with Gasteiger partial charge >= 0.3 is 5.69 Å². The Morgan fingerprint density at radius 2 is 2.36 bits per heavy atom. The van der Waals surface area contributed by atoms with Gasteiger partial charge in [0.2, 0.25) is 0 Å². The average Bonchev–Trinajstić information content (AvgIpc) is 2.18. The van der Waals surface area contributed by atoms with E-state index >= 15 is 0 Å². The number of aromatic amines is 1. The second-order valence-corrected chi connectivity index (χ2v) is 3.05. The molecule has 0 radical (unpaired) electrons. The molecule has 4 nitrogen and oxygen atoms in total. The molecule has 2 N–H and O–H groups in total. The monoisotopic (exact) mass is 199 g/mol. The molecule has 0 aliphatic rings. The molecule has 78 valence electrons. The van der Waals surface area contributed by atoms with Gasteiger partial charge in [-0.1, -0.05) is 19.8 Å². The molecule has 0 aliphatic carbocycles. The lowest BCUT2D eigenvalue weighted by atomic mass is 10.2. The van der Waals surface area contributed by atoms with E-state index in [1.54, 1.807) is 0 Å². The van der Waals surface area contributed by atoms with Crippen LogP contribution < -0.4 is 11.0 Å². The fourth-order valence-corrected chi connectivity index (χ4v) is 1.10. The largest absolute Gasteiger partial charge is 0.369 e. The van der Waals surface area contributed by atoms with Crippen LogP contribution in [0.3, 0.4) is 0 Å². The lowest BCUT2D eigenvalue weighted by Crippen LogP contribution is -2.15. The summed E-state index contributed by atoms with van der Waals surface area (Å²) in [6.45, 7) is 2.75. The minimum Gasteiger partial charge on any atom is -0.369 e. The van der Waals surface area contributed by atoms with Gasteiger partial charge in [-0.05, 0) is 6.42 Å². The number of nitrogens with one attached hydrogen (secondary N) is 2. The molecule has 0 aromatic carbocycles. The Kier molecular flexibility index (Phi) is 4.10. The highest BCUT2D eigenvalue weighted by Gasteiger charge is 2.01. The first kappa shape index (κ1) is 10.7. The molecule has 0 bridgehead atoms. The van der Waals surface area contributed by atoms with Gasteiger partial charge in [0.25, 0.3) is 0 Å². The Hall–Kier alpha value is -1.39. The van der Waals surface area contributed by atoms with Crippen molar-refractivity contribution in [3.8, 4) is 0 Å². The SMILES string of the molecule is CCCCCNc1[nH]c(=O)ncc1F. The summed E-state index contributed by atoms with van der Waals surface area (Å²) < 4.78 is 13.0. The van der Waals surface area contributed by atoms with E-state index < -0.39 is 11.5 Å². The number of aromatic nitrogens is 2. The topological polar surface area (TPSA) is 57.8 Å². The normalized spacial score (nSPS) is 10.1. The van der Waals surface area contributed by atoms with Crippen LogP contribution in [0.15, 0.2) is 11.0 Å². The highest BCUT2D eigenvalue weighted by Crippen LogP contribution is 2.05. The fourth-order valence-electron chi connectivity index (χ4n) is 1.10. The van der Waals surface area contributed by atoms with E-state index in [1.807, 2.05) is 0 Å². The number of H-pyrrole nitrogens is 1. The highest BCUT2D eigenvalue weighted by atomic mass is 19.1. The molecule has 0 atom stereocenters. The summed E-state index contributed by atoms with van der Waals surface area (Å²) in [7, 11) is 0. The minimum atomic E-state index is -0.538. The molecular weight excluding hydrogens is 185 g/mol. The summed E-state index contributed by atoms with van der Waals surface area (Å²) in [4.78, 5) is 16.3. The van der Waals surface area contributed by atoms with Gasteiger partial charge in [-0.3, -0.25) is 4.98 Å². The van der Waals surface area contributed by atoms with Crippen LogP contribution in [-0.2, 0) is 0 Å². The zero-order valence-corrected chi connectivity index (χ0v) is 8.14. The molecule has 0 spiro atoms. The Labute approximate surface area is 81.6 Å². The highest BCUT2D eigenvalue weighted by molar-refractivity contribution is 5.33. The first-order chi connectivity index (χ1) is 6.74. The van der Waals surface area contributed by atoms with Gasteiger partial charge in [-0.2, -0.15) is 4.98 Å². The minimum absolute atomic E-state index is 0.126. The van der Waals surface area contributed by atoms with Crippen molar-refractivity contribution >= 4 is 5.82 Å². The molecule has 5 heteroatoms. The molecule has 1 aromatic heterocycles. The van der Waals surface area contributed by atoms with E-state index in [4.69, 9.17) is 0 Å². The van der Waals surface area contributed by atoms with Crippen molar-refractivity contribution in [1.29, 1.82) is 0 Å².